The van der Waals surface area contributed by atoms with Gasteiger partial charge in [0.2, 0.25) is 0 Å². The van der Waals surface area contributed by atoms with E-state index in [1.54, 1.807) is 50.2 Å². The fraction of sp³-hybridized carbons (Fsp3) is 0.188. The summed E-state index contributed by atoms with van der Waals surface area (Å²) in [6, 6.07) is 10.3. The number of ether oxygens (including phenoxy) is 1. The Labute approximate surface area is 133 Å². The van der Waals surface area contributed by atoms with Crippen LogP contribution in [0.5, 0.6) is 0 Å². The third kappa shape index (κ3) is 4.70. The van der Waals surface area contributed by atoms with E-state index in [9.17, 15) is 9.59 Å². The normalized spacial score (nSPS) is 11.0. The molecular weight excluding hydrogens is 298 g/mol. The maximum Gasteiger partial charge on any atom is 0.427 e. The third-order valence-electron chi connectivity index (χ3n) is 2.90. The summed E-state index contributed by atoms with van der Waals surface area (Å²) in [5.74, 6) is -0.0810. The summed E-state index contributed by atoms with van der Waals surface area (Å²) >= 11 is 0. The molecular formula is C16H17N3O4. The molecule has 7 heteroatoms. The number of carbonyl (C=O) groups excluding carboxylic acids is 2. The first-order valence-corrected chi connectivity index (χ1v) is 7.02. The Bertz CT molecular complexity index is 691. The minimum absolute atomic E-state index is 0.241. The monoisotopic (exact) mass is 315 g/mol. The van der Waals surface area contributed by atoms with Gasteiger partial charge in [0.1, 0.15) is 0 Å². The molecule has 120 valence electrons. The molecule has 1 aromatic heterocycles. The van der Waals surface area contributed by atoms with Gasteiger partial charge in [0.25, 0.3) is 5.91 Å². The van der Waals surface area contributed by atoms with Crippen LogP contribution in [0.2, 0.25) is 0 Å². The van der Waals surface area contributed by atoms with Gasteiger partial charge in [-0.05, 0) is 43.7 Å². The molecule has 0 aliphatic rings. The molecule has 2 amide bonds. The third-order valence-corrected chi connectivity index (χ3v) is 2.90. The van der Waals surface area contributed by atoms with Gasteiger partial charge in [-0.25, -0.2) is 10.2 Å². The predicted molar refractivity (Wildman–Crippen MR) is 85.5 cm³/mol. The zero-order chi connectivity index (χ0) is 16.7. The fourth-order valence-electron chi connectivity index (χ4n) is 1.75. The second kappa shape index (κ2) is 7.79. The van der Waals surface area contributed by atoms with E-state index in [1.807, 2.05) is 0 Å². The number of benzene rings is 1. The number of nitrogens with one attached hydrogen (secondary N) is 2. The first kappa shape index (κ1) is 16.3. The molecule has 7 nitrogen and oxygen atoms in total. The molecule has 1 heterocycles. The Balaban J connectivity index is 1.97. The van der Waals surface area contributed by atoms with Crippen LogP contribution >= 0.6 is 0 Å². The van der Waals surface area contributed by atoms with Crippen molar-refractivity contribution in [2.45, 2.75) is 13.8 Å². The molecule has 0 unspecified atom stereocenters. The summed E-state index contributed by atoms with van der Waals surface area (Å²) in [7, 11) is 0. The predicted octanol–water partition coefficient (Wildman–Crippen LogP) is 3.00. The minimum Gasteiger partial charge on any atom is -0.459 e. The highest BCUT2D eigenvalue weighted by Gasteiger charge is 2.08. The largest absolute Gasteiger partial charge is 0.459 e. The lowest BCUT2D eigenvalue weighted by molar-refractivity contribution is 0.0996. The van der Waals surface area contributed by atoms with Gasteiger partial charge in [-0.3, -0.25) is 4.79 Å². The van der Waals surface area contributed by atoms with Crippen LogP contribution < -0.4 is 10.7 Å². The molecule has 0 radical (unpaired) electrons. The lowest BCUT2D eigenvalue weighted by Crippen LogP contribution is -2.20. The number of rotatable bonds is 5. The van der Waals surface area contributed by atoms with Crippen molar-refractivity contribution in [3.63, 3.8) is 0 Å². The second-order valence-electron chi connectivity index (χ2n) is 4.54. The molecule has 1 aromatic carbocycles. The molecule has 0 aliphatic carbocycles. The van der Waals surface area contributed by atoms with E-state index in [2.05, 4.69) is 15.8 Å². The molecule has 0 fully saturated rings. The Morgan fingerprint density at radius 3 is 2.57 bits per heavy atom. The SMILES string of the molecule is CCOC(=O)NN=C(C)c1ccc(NC(=O)c2ccco2)cc1. The summed E-state index contributed by atoms with van der Waals surface area (Å²) in [6.07, 6.45) is 0.836. The quantitative estimate of drug-likeness (QED) is 0.655. The Kier molecular flexibility index (Phi) is 5.51. The summed E-state index contributed by atoms with van der Waals surface area (Å²) < 4.78 is 9.73. The van der Waals surface area contributed by atoms with Crippen LogP contribution in [0.3, 0.4) is 0 Å². The van der Waals surface area contributed by atoms with Crippen LogP contribution in [0.1, 0.15) is 30.0 Å². The summed E-state index contributed by atoms with van der Waals surface area (Å²) in [5, 5.41) is 6.65. The van der Waals surface area contributed by atoms with Crippen LogP contribution in [0.4, 0.5) is 10.5 Å². The van der Waals surface area contributed by atoms with E-state index in [1.165, 1.54) is 6.26 Å². The van der Waals surface area contributed by atoms with Crippen molar-refractivity contribution in [3.05, 3.63) is 54.0 Å². The molecule has 0 spiro atoms. The van der Waals surface area contributed by atoms with Gasteiger partial charge in [0.05, 0.1) is 18.6 Å². The Hall–Kier alpha value is -3.09. The average Bonchev–Trinajstić information content (AvgIpc) is 3.08. The smallest absolute Gasteiger partial charge is 0.427 e. The number of anilines is 1. The molecule has 0 saturated carbocycles. The number of nitrogens with zero attached hydrogens (tertiary/aromatic N) is 1. The molecule has 0 saturated heterocycles. The van der Waals surface area contributed by atoms with Gasteiger partial charge >= 0.3 is 6.09 Å². The van der Waals surface area contributed by atoms with Crippen molar-refractivity contribution >= 4 is 23.4 Å². The lowest BCUT2D eigenvalue weighted by Gasteiger charge is -2.06. The summed E-state index contributed by atoms with van der Waals surface area (Å²) in [5.41, 5.74) is 4.33. The average molecular weight is 315 g/mol. The zero-order valence-electron chi connectivity index (χ0n) is 12.8. The number of furan rings is 1. The van der Waals surface area contributed by atoms with E-state index < -0.39 is 6.09 Å². The van der Waals surface area contributed by atoms with E-state index in [-0.39, 0.29) is 18.3 Å². The first-order valence-electron chi connectivity index (χ1n) is 7.02. The summed E-state index contributed by atoms with van der Waals surface area (Å²) in [4.78, 5) is 23.0. The van der Waals surface area contributed by atoms with Crippen molar-refractivity contribution in [1.29, 1.82) is 0 Å². The topological polar surface area (TPSA) is 92.9 Å². The van der Waals surface area contributed by atoms with Gasteiger partial charge in [-0.15, -0.1) is 0 Å². The van der Waals surface area contributed by atoms with Crippen LogP contribution in [0, 0.1) is 0 Å². The lowest BCUT2D eigenvalue weighted by atomic mass is 10.1. The Morgan fingerprint density at radius 2 is 1.96 bits per heavy atom. The van der Waals surface area contributed by atoms with Gasteiger partial charge in [0, 0.05) is 5.69 Å². The standard InChI is InChI=1S/C16H17N3O4/c1-3-22-16(21)19-18-11(2)12-6-8-13(9-7-12)17-15(20)14-5-4-10-23-14/h4-10H,3H2,1-2H3,(H,17,20)(H,19,21). The first-order chi connectivity index (χ1) is 11.1. The van der Waals surface area contributed by atoms with E-state index in [4.69, 9.17) is 9.15 Å². The number of hydrogen-bond acceptors (Lipinski definition) is 5. The zero-order valence-corrected chi connectivity index (χ0v) is 12.8. The van der Waals surface area contributed by atoms with Crippen molar-refractivity contribution in [2.24, 2.45) is 5.10 Å². The van der Waals surface area contributed by atoms with Crippen LogP contribution in [0.15, 0.2) is 52.2 Å². The molecule has 2 rings (SSSR count). The minimum atomic E-state index is -0.603. The van der Waals surface area contributed by atoms with Crippen LogP contribution in [-0.4, -0.2) is 24.3 Å². The van der Waals surface area contributed by atoms with E-state index in [0.717, 1.165) is 5.56 Å². The van der Waals surface area contributed by atoms with Crippen molar-refractivity contribution < 1.29 is 18.7 Å². The van der Waals surface area contributed by atoms with Gasteiger partial charge < -0.3 is 14.5 Å². The van der Waals surface area contributed by atoms with Crippen molar-refractivity contribution in [1.82, 2.24) is 5.43 Å². The molecule has 0 atom stereocenters. The molecule has 23 heavy (non-hydrogen) atoms. The number of amides is 2. The molecule has 2 N–H and O–H groups in total. The highest BCUT2D eigenvalue weighted by atomic mass is 16.5. The molecule has 2 aromatic rings. The van der Waals surface area contributed by atoms with Crippen LogP contribution in [0.25, 0.3) is 0 Å². The molecule has 0 bridgehead atoms. The van der Waals surface area contributed by atoms with Crippen molar-refractivity contribution in [2.75, 3.05) is 11.9 Å². The van der Waals surface area contributed by atoms with Gasteiger partial charge in [-0.1, -0.05) is 12.1 Å². The number of carbonyl (C=O) groups is 2. The number of hydrazone groups is 1. The van der Waals surface area contributed by atoms with E-state index in [0.29, 0.717) is 11.4 Å². The molecule has 0 aliphatic heterocycles. The summed E-state index contributed by atoms with van der Waals surface area (Å²) in [6.45, 7) is 3.75. The number of hydrogen-bond donors (Lipinski definition) is 2. The van der Waals surface area contributed by atoms with Gasteiger partial charge in [-0.2, -0.15) is 5.10 Å². The highest BCUT2D eigenvalue weighted by Crippen LogP contribution is 2.12. The second-order valence-corrected chi connectivity index (χ2v) is 4.54. The maximum atomic E-state index is 11.8. The van der Waals surface area contributed by atoms with Crippen molar-refractivity contribution in [3.8, 4) is 0 Å². The van der Waals surface area contributed by atoms with Gasteiger partial charge in [0.15, 0.2) is 5.76 Å². The Morgan fingerprint density at radius 1 is 1.22 bits per heavy atom. The van der Waals surface area contributed by atoms with Crippen LogP contribution in [-0.2, 0) is 4.74 Å². The van der Waals surface area contributed by atoms with E-state index >= 15 is 0 Å². The maximum absolute atomic E-state index is 11.8. The highest BCUT2D eigenvalue weighted by molar-refractivity contribution is 6.03. The fourth-order valence-corrected chi connectivity index (χ4v) is 1.75.